The topological polar surface area (TPSA) is 75.3 Å². The first kappa shape index (κ1) is 18.4. The molecule has 5 nitrogen and oxygen atoms in total. The minimum absolute atomic E-state index is 0.0440. The molecule has 2 rings (SSSR count). The molecular formula is C16H17FN2O3S2. The number of thioether (sulfide) groups is 1. The standard InChI is InChI=1S/C16H17FN2O3S2/c1-11(20)19-15-9-14(7-8-16(15)23-2)24(21,22)18-10-12-3-5-13(17)6-4-12/h3-9,18H,10H2,1-2H3,(H,19,20). The third kappa shape index (κ3) is 4.80. The van der Waals surface area contributed by atoms with Gasteiger partial charge in [-0.05, 0) is 42.2 Å². The van der Waals surface area contributed by atoms with Crippen LogP contribution in [0.15, 0.2) is 52.3 Å². The van der Waals surface area contributed by atoms with E-state index in [9.17, 15) is 17.6 Å². The Kier molecular flexibility index (Phi) is 5.98. The summed E-state index contributed by atoms with van der Waals surface area (Å²) in [4.78, 5) is 12.1. The monoisotopic (exact) mass is 368 g/mol. The predicted octanol–water partition coefficient (Wildman–Crippen LogP) is 2.98. The SMILES string of the molecule is CSc1ccc(S(=O)(=O)NCc2ccc(F)cc2)cc1NC(C)=O. The fraction of sp³-hybridized carbons (Fsp3) is 0.188. The summed E-state index contributed by atoms with van der Waals surface area (Å²) in [5.41, 5.74) is 1.09. The van der Waals surface area contributed by atoms with Crippen LogP contribution in [0.1, 0.15) is 12.5 Å². The van der Waals surface area contributed by atoms with E-state index in [0.29, 0.717) is 11.3 Å². The van der Waals surface area contributed by atoms with Gasteiger partial charge >= 0.3 is 0 Å². The van der Waals surface area contributed by atoms with Crippen LogP contribution in [-0.4, -0.2) is 20.6 Å². The molecule has 0 fully saturated rings. The van der Waals surface area contributed by atoms with Crippen molar-refractivity contribution in [3.05, 3.63) is 53.8 Å². The molecule has 0 unspecified atom stereocenters. The number of hydrogen-bond acceptors (Lipinski definition) is 4. The Hall–Kier alpha value is -1.90. The molecule has 0 heterocycles. The number of rotatable bonds is 6. The van der Waals surface area contributed by atoms with Gasteiger partial charge in [-0.15, -0.1) is 11.8 Å². The number of halogens is 1. The van der Waals surface area contributed by atoms with Crippen LogP contribution in [0.2, 0.25) is 0 Å². The zero-order chi connectivity index (χ0) is 17.7. The Bertz CT molecular complexity index is 837. The van der Waals surface area contributed by atoms with Crippen molar-refractivity contribution in [2.75, 3.05) is 11.6 Å². The van der Waals surface area contributed by atoms with Crippen molar-refractivity contribution in [3.8, 4) is 0 Å². The summed E-state index contributed by atoms with van der Waals surface area (Å²) in [6.45, 7) is 1.40. The van der Waals surface area contributed by atoms with E-state index in [-0.39, 0.29) is 23.2 Å². The number of amides is 1. The smallest absolute Gasteiger partial charge is 0.240 e. The van der Waals surface area contributed by atoms with Gasteiger partial charge in [-0.2, -0.15) is 0 Å². The predicted molar refractivity (Wildman–Crippen MR) is 93.0 cm³/mol. The number of anilines is 1. The Morgan fingerprint density at radius 2 is 1.83 bits per heavy atom. The number of carbonyl (C=O) groups is 1. The third-order valence-electron chi connectivity index (χ3n) is 3.17. The average molecular weight is 368 g/mol. The lowest BCUT2D eigenvalue weighted by atomic mass is 10.2. The summed E-state index contributed by atoms with van der Waals surface area (Å²) >= 11 is 1.40. The van der Waals surface area contributed by atoms with Crippen molar-refractivity contribution in [2.24, 2.45) is 0 Å². The van der Waals surface area contributed by atoms with Crippen molar-refractivity contribution >= 4 is 33.4 Å². The quantitative estimate of drug-likeness (QED) is 0.769. The maximum Gasteiger partial charge on any atom is 0.240 e. The molecule has 8 heteroatoms. The van der Waals surface area contributed by atoms with E-state index >= 15 is 0 Å². The van der Waals surface area contributed by atoms with Gasteiger partial charge in [0.2, 0.25) is 15.9 Å². The Balaban J connectivity index is 2.21. The second-order valence-corrected chi connectivity index (χ2v) is 7.61. The average Bonchev–Trinajstić information content (AvgIpc) is 2.54. The number of benzene rings is 2. The highest BCUT2D eigenvalue weighted by molar-refractivity contribution is 7.98. The van der Waals surface area contributed by atoms with Gasteiger partial charge in [0.25, 0.3) is 0 Å². The molecule has 0 atom stereocenters. The van der Waals surface area contributed by atoms with Gasteiger partial charge < -0.3 is 5.32 Å². The van der Waals surface area contributed by atoms with Crippen molar-refractivity contribution in [1.29, 1.82) is 0 Å². The fourth-order valence-electron chi connectivity index (χ4n) is 2.01. The Morgan fingerprint density at radius 1 is 1.17 bits per heavy atom. The summed E-state index contributed by atoms with van der Waals surface area (Å²) in [6, 6.07) is 10.1. The molecule has 0 saturated carbocycles. The zero-order valence-corrected chi connectivity index (χ0v) is 14.8. The van der Waals surface area contributed by atoms with Gasteiger partial charge in [0, 0.05) is 18.4 Å². The molecule has 0 aliphatic rings. The highest BCUT2D eigenvalue weighted by Crippen LogP contribution is 2.28. The van der Waals surface area contributed by atoms with Gasteiger partial charge in [-0.3, -0.25) is 4.79 Å². The number of sulfonamides is 1. The normalized spacial score (nSPS) is 11.3. The lowest BCUT2D eigenvalue weighted by Crippen LogP contribution is -2.23. The second-order valence-electron chi connectivity index (χ2n) is 4.99. The molecule has 2 aromatic carbocycles. The number of nitrogens with one attached hydrogen (secondary N) is 2. The molecule has 0 aliphatic carbocycles. The maximum absolute atomic E-state index is 12.9. The van der Waals surface area contributed by atoms with Crippen LogP contribution in [-0.2, 0) is 21.4 Å². The molecular weight excluding hydrogens is 351 g/mol. The van der Waals surface area contributed by atoms with Gasteiger partial charge in [-0.1, -0.05) is 12.1 Å². The van der Waals surface area contributed by atoms with E-state index in [1.807, 2.05) is 6.26 Å². The van der Waals surface area contributed by atoms with E-state index < -0.39 is 10.0 Å². The van der Waals surface area contributed by atoms with E-state index in [4.69, 9.17) is 0 Å². The van der Waals surface area contributed by atoms with Gasteiger partial charge in [0.15, 0.2) is 0 Å². The summed E-state index contributed by atoms with van der Waals surface area (Å²) in [6.07, 6.45) is 1.83. The van der Waals surface area contributed by atoms with E-state index in [2.05, 4.69) is 10.0 Å². The molecule has 0 spiro atoms. The molecule has 2 N–H and O–H groups in total. The molecule has 0 radical (unpaired) electrons. The van der Waals surface area contributed by atoms with Crippen LogP contribution in [0, 0.1) is 5.82 Å². The first-order valence-electron chi connectivity index (χ1n) is 7.01. The van der Waals surface area contributed by atoms with Crippen LogP contribution < -0.4 is 10.0 Å². The summed E-state index contributed by atoms with van der Waals surface area (Å²) in [7, 11) is -3.76. The van der Waals surface area contributed by atoms with Crippen LogP contribution in [0.5, 0.6) is 0 Å². The number of carbonyl (C=O) groups excluding carboxylic acids is 1. The molecule has 0 aromatic heterocycles. The lowest BCUT2D eigenvalue weighted by molar-refractivity contribution is -0.114. The minimum atomic E-state index is -3.76. The molecule has 24 heavy (non-hydrogen) atoms. The Labute approximate surface area is 144 Å². The van der Waals surface area contributed by atoms with Gasteiger partial charge in [0.05, 0.1) is 10.6 Å². The van der Waals surface area contributed by atoms with Crippen molar-refractivity contribution in [2.45, 2.75) is 23.3 Å². The molecule has 2 aromatic rings. The van der Waals surface area contributed by atoms with Crippen molar-refractivity contribution < 1.29 is 17.6 Å². The summed E-state index contributed by atoms with van der Waals surface area (Å²) in [5, 5.41) is 2.62. The van der Waals surface area contributed by atoms with Crippen LogP contribution in [0.25, 0.3) is 0 Å². The third-order valence-corrected chi connectivity index (χ3v) is 5.37. The maximum atomic E-state index is 12.9. The van der Waals surface area contributed by atoms with Crippen LogP contribution >= 0.6 is 11.8 Å². The molecule has 128 valence electrons. The highest BCUT2D eigenvalue weighted by Gasteiger charge is 2.16. The molecule has 0 bridgehead atoms. The first-order valence-corrected chi connectivity index (χ1v) is 9.72. The summed E-state index contributed by atoms with van der Waals surface area (Å²) < 4.78 is 40.1. The molecule has 0 aliphatic heterocycles. The fourth-order valence-corrected chi connectivity index (χ4v) is 3.58. The molecule has 1 amide bonds. The summed E-state index contributed by atoms with van der Waals surface area (Å²) in [5.74, 6) is -0.659. The van der Waals surface area contributed by atoms with Crippen LogP contribution in [0.3, 0.4) is 0 Å². The molecule has 0 saturated heterocycles. The minimum Gasteiger partial charge on any atom is -0.325 e. The second kappa shape index (κ2) is 7.78. The van der Waals surface area contributed by atoms with E-state index in [1.54, 1.807) is 6.07 Å². The van der Waals surface area contributed by atoms with E-state index in [0.717, 1.165) is 4.90 Å². The first-order chi connectivity index (χ1) is 11.3. The van der Waals surface area contributed by atoms with Crippen molar-refractivity contribution in [3.63, 3.8) is 0 Å². The Morgan fingerprint density at radius 3 is 2.42 bits per heavy atom. The largest absolute Gasteiger partial charge is 0.325 e. The lowest BCUT2D eigenvalue weighted by Gasteiger charge is -2.12. The van der Waals surface area contributed by atoms with Gasteiger partial charge in [-0.25, -0.2) is 17.5 Å². The van der Waals surface area contributed by atoms with Crippen molar-refractivity contribution in [1.82, 2.24) is 4.72 Å². The highest BCUT2D eigenvalue weighted by atomic mass is 32.2. The van der Waals surface area contributed by atoms with Crippen LogP contribution in [0.4, 0.5) is 10.1 Å². The number of hydrogen-bond donors (Lipinski definition) is 2. The van der Waals surface area contributed by atoms with E-state index in [1.165, 1.54) is 55.1 Å². The van der Waals surface area contributed by atoms with Gasteiger partial charge in [0.1, 0.15) is 5.82 Å². The zero-order valence-electron chi connectivity index (χ0n) is 13.2.